The highest BCUT2D eigenvalue weighted by molar-refractivity contribution is 7.90. The third kappa shape index (κ3) is 4.99. The Morgan fingerprint density at radius 2 is 1.82 bits per heavy atom. The van der Waals surface area contributed by atoms with Crippen LogP contribution in [0, 0.1) is 10.1 Å². The second-order valence-electron chi connectivity index (χ2n) is 6.83. The van der Waals surface area contributed by atoms with E-state index in [1.54, 1.807) is 0 Å². The lowest BCUT2D eigenvalue weighted by Crippen LogP contribution is -3.15. The van der Waals surface area contributed by atoms with Crippen LogP contribution in [0.4, 0.5) is 11.4 Å². The van der Waals surface area contributed by atoms with Gasteiger partial charge in [0.25, 0.3) is 5.69 Å². The van der Waals surface area contributed by atoms with E-state index in [2.05, 4.69) is 0 Å². The van der Waals surface area contributed by atoms with Gasteiger partial charge in [-0.25, -0.2) is 8.42 Å². The molecule has 9 heteroatoms. The molecule has 3 rings (SSSR count). The first-order chi connectivity index (χ1) is 13.3. The summed E-state index contributed by atoms with van der Waals surface area (Å²) < 4.78 is 29.1. The number of nitrogens with zero attached hydrogens (tertiary/aromatic N) is 2. The fourth-order valence-electron chi connectivity index (χ4n) is 3.29. The number of nitro groups is 1. The minimum Gasteiger partial charge on any atom is -0.488 e. The van der Waals surface area contributed by atoms with Gasteiger partial charge in [0, 0.05) is 12.3 Å². The maximum absolute atomic E-state index is 11.7. The first-order valence-corrected chi connectivity index (χ1v) is 11.0. The minimum atomic E-state index is -3.49. The Morgan fingerprint density at radius 3 is 2.43 bits per heavy atom. The van der Waals surface area contributed by atoms with E-state index in [-0.39, 0.29) is 10.6 Å². The zero-order valence-electron chi connectivity index (χ0n) is 15.7. The van der Waals surface area contributed by atoms with E-state index in [0.29, 0.717) is 25.4 Å². The fourth-order valence-corrected chi connectivity index (χ4v) is 3.93. The quantitative estimate of drug-likeness (QED) is 0.540. The van der Waals surface area contributed by atoms with Gasteiger partial charge in [-0.15, -0.1) is 0 Å². The van der Waals surface area contributed by atoms with Crippen molar-refractivity contribution >= 4 is 21.2 Å². The third-order valence-electron chi connectivity index (χ3n) is 4.85. The Kier molecular flexibility index (Phi) is 6.15. The molecule has 0 unspecified atom stereocenters. The van der Waals surface area contributed by atoms with E-state index in [0.717, 1.165) is 37.7 Å². The molecule has 0 aliphatic carbocycles. The van der Waals surface area contributed by atoms with Crippen LogP contribution in [-0.4, -0.2) is 58.9 Å². The van der Waals surface area contributed by atoms with Crippen LogP contribution in [0.2, 0.25) is 0 Å². The smallest absolute Gasteiger partial charge is 0.293 e. The minimum absolute atomic E-state index is 0.0368. The van der Waals surface area contributed by atoms with Gasteiger partial charge in [0.2, 0.25) is 0 Å². The van der Waals surface area contributed by atoms with E-state index in [1.807, 2.05) is 35.2 Å². The molecule has 1 saturated heterocycles. The molecular formula is C19H24N3O5S+. The molecule has 1 aliphatic heterocycles. The zero-order chi connectivity index (χ0) is 20.1. The third-order valence-corrected chi connectivity index (χ3v) is 5.96. The molecule has 0 saturated carbocycles. The molecule has 28 heavy (non-hydrogen) atoms. The summed E-state index contributed by atoms with van der Waals surface area (Å²) in [6.45, 7) is 4.48. The second-order valence-corrected chi connectivity index (χ2v) is 8.84. The maximum Gasteiger partial charge on any atom is 0.293 e. The Morgan fingerprint density at radius 1 is 1.14 bits per heavy atom. The maximum atomic E-state index is 11.7. The van der Waals surface area contributed by atoms with E-state index < -0.39 is 14.8 Å². The molecule has 0 atom stereocenters. The van der Waals surface area contributed by atoms with Crippen LogP contribution in [0.3, 0.4) is 0 Å². The molecule has 8 nitrogen and oxygen atoms in total. The van der Waals surface area contributed by atoms with Crippen molar-refractivity contribution < 1.29 is 23.0 Å². The monoisotopic (exact) mass is 406 g/mol. The fraction of sp³-hybridized carbons (Fsp3) is 0.368. The second kappa shape index (κ2) is 8.57. The highest BCUT2D eigenvalue weighted by atomic mass is 32.2. The van der Waals surface area contributed by atoms with Gasteiger partial charge in [-0.3, -0.25) is 10.1 Å². The predicted octanol–water partition coefficient (Wildman–Crippen LogP) is 0.782. The summed E-state index contributed by atoms with van der Waals surface area (Å²) in [5.41, 5.74) is 0.302. The predicted molar refractivity (Wildman–Crippen MR) is 106 cm³/mol. The molecule has 2 aromatic rings. The molecule has 0 amide bonds. The standard InChI is InChI=1S/C19H23N3O5S/c1-28(25,26)17-7-8-18(19(15-17)22(23)24)21-11-9-20(10-12-21)13-14-27-16-5-3-2-4-6-16/h2-8,15H,9-14H2,1H3/p+1. The first kappa shape index (κ1) is 20.1. The molecular weight excluding hydrogens is 382 g/mol. The number of anilines is 1. The number of para-hydroxylation sites is 1. The van der Waals surface area contributed by atoms with Crippen LogP contribution in [0.5, 0.6) is 5.75 Å². The van der Waals surface area contributed by atoms with Crippen LogP contribution >= 0.6 is 0 Å². The van der Waals surface area contributed by atoms with Crippen molar-refractivity contribution in [2.24, 2.45) is 0 Å². The number of sulfone groups is 1. The molecule has 1 aliphatic rings. The summed E-state index contributed by atoms with van der Waals surface area (Å²) in [5.74, 6) is 0.849. The molecule has 1 fully saturated rings. The van der Waals surface area contributed by atoms with Crippen molar-refractivity contribution in [3.63, 3.8) is 0 Å². The molecule has 0 spiro atoms. The van der Waals surface area contributed by atoms with Crippen LogP contribution < -0.4 is 14.5 Å². The average Bonchev–Trinajstić information content (AvgIpc) is 2.68. The van der Waals surface area contributed by atoms with Crippen molar-refractivity contribution in [1.29, 1.82) is 0 Å². The highest BCUT2D eigenvalue weighted by Crippen LogP contribution is 2.30. The van der Waals surface area contributed by atoms with Gasteiger partial charge in [0.15, 0.2) is 9.84 Å². The average molecular weight is 406 g/mol. The number of ether oxygens (including phenoxy) is 1. The molecule has 0 bridgehead atoms. The Bertz CT molecular complexity index is 926. The Labute approximate surface area is 164 Å². The van der Waals surface area contributed by atoms with Gasteiger partial charge in [-0.1, -0.05) is 18.2 Å². The topological polar surface area (TPSA) is 94.2 Å². The highest BCUT2D eigenvalue weighted by Gasteiger charge is 2.27. The van der Waals surface area contributed by atoms with E-state index in [1.165, 1.54) is 17.0 Å². The van der Waals surface area contributed by atoms with Gasteiger partial charge in [-0.2, -0.15) is 0 Å². The van der Waals surface area contributed by atoms with Gasteiger partial charge in [0.1, 0.15) is 24.6 Å². The number of benzene rings is 2. The van der Waals surface area contributed by atoms with Crippen LogP contribution in [-0.2, 0) is 9.84 Å². The van der Waals surface area contributed by atoms with E-state index in [4.69, 9.17) is 4.74 Å². The molecule has 1 N–H and O–H groups in total. The van der Waals surface area contributed by atoms with Crippen molar-refractivity contribution in [2.75, 3.05) is 50.5 Å². The summed E-state index contributed by atoms with van der Waals surface area (Å²) >= 11 is 0. The summed E-state index contributed by atoms with van der Waals surface area (Å²) in [6, 6.07) is 13.8. The van der Waals surface area contributed by atoms with Crippen molar-refractivity contribution in [1.82, 2.24) is 0 Å². The lowest BCUT2D eigenvalue weighted by Gasteiger charge is -2.33. The van der Waals surface area contributed by atoms with Gasteiger partial charge < -0.3 is 14.5 Å². The van der Waals surface area contributed by atoms with Crippen LogP contribution in [0.15, 0.2) is 53.4 Å². The van der Waals surface area contributed by atoms with Crippen LogP contribution in [0.25, 0.3) is 0 Å². The largest absolute Gasteiger partial charge is 0.488 e. The van der Waals surface area contributed by atoms with Gasteiger partial charge >= 0.3 is 0 Å². The number of nitrogens with one attached hydrogen (secondary N) is 1. The lowest BCUT2D eigenvalue weighted by molar-refractivity contribution is -0.900. The number of hydrogen-bond acceptors (Lipinski definition) is 6. The molecule has 1 heterocycles. The number of rotatable bonds is 7. The normalized spacial score (nSPS) is 15.4. The van der Waals surface area contributed by atoms with Crippen molar-refractivity contribution in [3.8, 4) is 5.75 Å². The van der Waals surface area contributed by atoms with Gasteiger partial charge in [-0.05, 0) is 24.3 Å². The SMILES string of the molecule is CS(=O)(=O)c1ccc(N2CC[NH+](CCOc3ccccc3)CC2)c([N+](=O)[O-])c1. The summed E-state index contributed by atoms with van der Waals surface area (Å²) in [4.78, 5) is 14.2. The van der Waals surface area contributed by atoms with Crippen molar-refractivity contribution in [3.05, 3.63) is 58.6 Å². The number of nitro benzene ring substituents is 1. The van der Waals surface area contributed by atoms with Gasteiger partial charge in [0.05, 0.1) is 36.0 Å². The van der Waals surface area contributed by atoms with E-state index in [9.17, 15) is 18.5 Å². The lowest BCUT2D eigenvalue weighted by atomic mass is 10.2. The summed E-state index contributed by atoms with van der Waals surface area (Å²) in [5, 5.41) is 11.4. The Balaban J connectivity index is 1.59. The summed E-state index contributed by atoms with van der Waals surface area (Å²) in [7, 11) is -3.49. The first-order valence-electron chi connectivity index (χ1n) is 9.09. The molecule has 150 valence electrons. The zero-order valence-corrected chi connectivity index (χ0v) is 16.5. The molecule has 0 aromatic heterocycles. The summed E-state index contributed by atoms with van der Waals surface area (Å²) in [6.07, 6.45) is 1.05. The van der Waals surface area contributed by atoms with E-state index >= 15 is 0 Å². The van der Waals surface area contributed by atoms with Crippen molar-refractivity contribution in [2.45, 2.75) is 4.90 Å². The molecule has 2 aromatic carbocycles. The number of quaternary nitrogens is 1. The van der Waals surface area contributed by atoms with Crippen LogP contribution in [0.1, 0.15) is 0 Å². The number of piperazine rings is 1. The molecule has 0 radical (unpaired) electrons. The number of hydrogen-bond donors (Lipinski definition) is 1. The Hall–Kier alpha value is -2.65.